The molecule has 0 aliphatic heterocycles. The predicted octanol–water partition coefficient (Wildman–Crippen LogP) is 3.04. The van der Waals surface area contributed by atoms with Gasteiger partial charge in [0.25, 0.3) is 0 Å². The number of hydrogen-bond donors (Lipinski definition) is 1. The molecule has 2 heterocycles. The smallest absolute Gasteiger partial charge is 0.321 e. The monoisotopic (exact) mass is 404 g/mol. The number of rotatable bonds is 8. The Kier molecular flexibility index (Phi) is 6.17. The Morgan fingerprint density at radius 1 is 1.22 bits per heavy atom. The SMILES string of the molecule is O=C(CNS(=O)(=O)/C=C/c1ccccc1)OCc1coc(-c2cccs2)n1. The van der Waals surface area contributed by atoms with E-state index < -0.39 is 22.5 Å². The van der Waals surface area contributed by atoms with Gasteiger partial charge in [-0.05, 0) is 23.1 Å². The zero-order valence-corrected chi connectivity index (χ0v) is 15.7. The molecule has 2 aromatic heterocycles. The fourth-order valence-electron chi connectivity index (χ4n) is 2.03. The van der Waals surface area contributed by atoms with Crippen LogP contribution in [-0.4, -0.2) is 25.9 Å². The van der Waals surface area contributed by atoms with Crippen LogP contribution in [0.3, 0.4) is 0 Å². The highest BCUT2D eigenvalue weighted by Gasteiger charge is 2.12. The second-order valence-corrected chi connectivity index (χ2v) is 7.96. The lowest BCUT2D eigenvalue weighted by Gasteiger charge is -2.03. The van der Waals surface area contributed by atoms with Gasteiger partial charge in [0.15, 0.2) is 0 Å². The first-order chi connectivity index (χ1) is 13.0. The average molecular weight is 404 g/mol. The van der Waals surface area contributed by atoms with Gasteiger partial charge in [0.05, 0.1) is 4.88 Å². The molecule has 1 aromatic carbocycles. The summed E-state index contributed by atoms with van der Waals surface area (Å²) in [6, 6.07) is 12.7. The highest BCUT2D eigenvalue weighted by atomic mass is 32.2. The van der Waals surface area contributed by atoms with Crippen molar-refractivity contribution < 1.29 is 22.4 Å². The molecule has 1 N–H and O–H groups in total. The molecule has 3 aromatic rings. The van der Waals surface area contributed by atoms with Crippen molar-refractivity contribution in [3.8, 4) is 10.8 Å². The van der Waals surface area contributed by atoms with Gasteiger partial charge in [0.2, 0.25) is 15.9 Å². The summed E-state index contributed by atoms with van der Waals surface area (Å²) in [6.07, 6.45) is 2.84. The predicted molar refractivity (Wildman–Crippen MR) is 102 cm³/mol. The molecule has 0 fully saturated rings. The second kappa shape index (κ2) is 8.76. The van der Waals surface area contributed by atoms with Crippen molar-refractivity contribution in [3.05, 3.63) is 70.8 Å². The van der Waals surface area contributed by atoms with Gasteiger partial charge in [-0.3, -0.25) is 4.79 Å². The normalized spacial score (nSPS) is 11.7. The first-order valence-electron chi connectivity index (χ1n) is 7.88. The Labute approximate surface area is 160 Å². The number of carbonyl (C=O) groups excluding carboxylic acids is 1. The molecule has 3 rings (SSSR count). The van der Waals surface area contributed by atoms with Crippen molar-refractivity contribution in [1.82, 2.24) is 9.71 Å². The summed E-state index contributed by atoms with van der Waals surface area (Å²) in [7, 11) is -3.75. The molecule has 0 aliphatic carbocycles. The van der Waals surface area contributed by atoms with Crippen molar-refractivity contribution in [2.24, 2.45) is 0 Å². The molecule has 0 saturated heterocycles. The third kappa shape index (κ3) is 5.88. The van der Waals surface area contributed by atoms with Crippen LogP contribution in [-0.2, 0) is 26.2 Å². The van der Waals surface area contributed by atoms with Crippen LogP contribution in [0.5, 0.6) is 0 Å². The molecule has 0 radical (unpaired) electrons. The lowest BCUT2D eigenvalue weighted by atomic mass is 10.2. The van der Waals surface area contributed by atoms with Gasteiger partial charge in [-0.1, -0.05) is 36.4 Å². The number of nitrogens with zero attached hydrogens (tertiary/aromatic N) is 1. The molecule has 0 aliphatic rings. The van der Waals surface area contributed by atoms with Crippen LogP contribution in [0.25, 0.3) is 16.8 Å². The molecular weight excluding hydrogens is 388 g/mol. The van der Waals surface area contributed by atoms with Gasteiger partial charge in [0, 0.05) is 5.41 Å². The molecule has 9 heteroatoms. The zero-order chi connectivity index (χ0) is 19.1. The fraction of sp³-hybridized carbons (Fsp3) is 0.111. The maximum absolute atomic E-state index is 11.9. The summed E-state index contributed by atoms with van der Waals surface area (Å²) < 4.78 is 36.3. The van der Waals surface area contributed by atoms with Gasteiger partial charge in [-0.2, -0.15) is 0 Å². The van der Waals surface area contributed by atoms with Crippen molar-refractivity contribution in [3.63, 3.8) is 0 Å². The molecule has 7 nitrogen and oxygen atoms in total. The Morgan fingerprint density at radius 2 is 2.04 bits per heavy atom. The number of aromatic nitrogens is 1. The van der Waals surface area contributed by atoms with Crippen molar-refractivity contribution >= 4 is 33.4 Å². The van der Waals surface area contributed by atoms with Crippen LogP contribution in [0.15, 0.2) is 63.9 Å². The highest BCUT2D eigenvalue weighted by molar-refractivity contribution is 7.92. The first-order valence-corrected chi connectivity index (χ1v) is 10.3. The first kappa shape index (κ1) is 19.0. The van der Waals surface area contributed by atoms with Crippen molar-refractivity contribution in [2.45, 2.75) is 6.61 Å². The van der Waals surface area contributed by atoms with Gasteiger partial charge in [0.1, 0.15) is 25.1 Å². The van der Waals surface area contributed by atoms with Gasteiger partial charge in [-0.15, -0.1) is 11.3 Å². The molecule has 0 saturated carbocycles. The maximum atomic E-state index is 11.9. The van der Waals surface area contributed by atoms with Crippen LogP contribution in [0.1, 0.15) is 11.3 Å². The summed E-state index contributed by atoms with van der Waals surface area (Å²) in [5.74, 6) is -0.268. The Morgan fingerprint density at radius 3 is 2.78 bits per heavy atom. The highest BCUT2D eigenvalue weighted by Crippen LogP contribution is 2.23. The molecule has 0 atom stereocenters. The van der Waals surface area contributed by atoms with E-state index in [1.54, 1.807) is 24.3 Å². The molecule has 0 bridgehead atoms. The Hall–Kier alpha value is -2.75. The summed E-state index contributed by atoms with van der Waals surface area (Å²) >= 11 is 1.48. The largest absolute Gasteiger partial charge is 0.458 e. The standard InChI is InChI=1S/C18H16N2O5S2/c21-17(11-19-27(22,23)10-8-14-5-2-1-3-6-14)24-12-15-13-25-18(20-15)16-7-4-9-26-16/h1-10,13,19H,11-12H2/b10-8+. The molecule has 140 valence electrons. The van der Waals surface area contributed by atoms with E-state index in [0.29, 0.717) is 11.6 Å². The van der Waals surface area contributed by atoms with Crippen LogP contribution in [0.2, 0.25) is 0 Å². The molecule has 0 amide bonds. The van der Waals surface area contributed by atoms with E-state index in [9.17, 15) is 13.2 Å². The quantitative estimate of drug-likeness (QED) is 0.580. The topological polar surface area (TPSA) is 98.5 Å². The van der Waals surface area contributed by atoms with Crippen LogP contribution in [0.4, 0.5) is 0 Å². The lowest BCUT2D eigenvalue weighted by molar-refractivity contribution is -0.143. The third-order valence-electron chi connectivity index (χ3n) is 3.32. The molecule has 0 spiro atoms. The van der Waals surface area contributed by atoms with E-state index in [1.807, 2.05) is 23.6 Å². The van der Waals surface area contributed by atoms with Crippen molar-refractivity contribution in [2.75, 3.05) is 6.54 Å². The maximum Gasteiger partial charge on any atom is 0.321 e. The third-order valence-corrected chi connectivity index (χ3v) is 5.22. The number of esters is 1. The van der Waals surface area contributed by atoms with Gasteiger partial charge >= 0.3 is 5.97 Å². The summed E-state index contributed by atoms with van der Waals surface area (Å²) in [4.78, 5) is 16.8. The molecule has 0 unspecified atom stereocenters. The second-order valence-electron chi connectivity index (χ2n) is 5.36. The van der Waals surface area contributed by atoms with E-state index in [0.717, 1.165) is 15.8 Å². The minimum absolute atomic E-state index is 0.102. The van der Waals surface area contributed by atoms with Crippen molar-refractivity contribution in [1.29, 1.82) is 0 Å². The summed E-state index contributed by atoms with van der Waals surface area (Å²) in [6.45, 7) is -0.577. The number of thiophene rings is 1. The number of hydrogen-bond acceptors (Lipinski definition) is 7. The fourth-order valence-corrected chi connectivity index (χ4v) is 3.44. The molecule has 27 heavy (non-hydrogen) atoms. The van der Waals surface area contributed by atoms with Gasteiger partial charge in [-0.25, -0.2) is 18.1 Å². The summed E-state index contributed by atoms with van der Waals surface area (Å²) in [5, 5.41) is 2.90. The number of carbonyl (C=O) groups is 1. The number of nitrogens with one attached hydrogen (secondary N) is 1. The number of oxazole rings is 1. The summed E-state index contributed by atoms with van der Waals surface area (Å²) in [5.41, 5.74) is 1.18. The Balaban J connectivity index is 1.46. The number of ether oxygens (including phenoxy) is 1. The van der Waals surface area contributed by atoms with E-state index in [1.165, 1.54) is 23.7 Å². The van der Waals surface area contributed by atoms with E-state index >= 15 is 0 Å². The Bertz CT molecular complexity index is 1010. The van der Waals surface area contributed by atoms with E-state index in [2.05, 4.69) is 9.71 Å². The minimum Gasteiger partial charge on any atom is -0.458 e. The minimum atomic E-state index is -3.75. The zero-order valence-electron chi connectivity index (χ0n) is 14.1. The van der Waals surface area contributed by atoms with Crippen LogP contribution in [0, 0.1) is 0 Å². The van der Waals surface area contributed by atoms with E-state index in [-0.39, 0.29) is 6.61 Å². The number of benzene rings is 1. The molecular formula is C18H16N2O5S2. The van der Waals surface area contributed by atoms with Crippen LogP contribution >= 0.6 is 11.3 Å². The van der Waals surface area contributed by atoms with E-state index in [4.69, 9.17) is 9.15 Å². The lowest BCUT2D eigenvalue weighted by Crippen LogP contribution is -2.29. The average Bonchev–Trinajstić information content (AvgIpc) is 3.35. The van der Waals surface area contributed by atoms with Crippen LogP contribution < -0.4 is 4.72 Å². The van der Waals surface area contributed by atoms with Gasteiger partial charge < -0.3 is 9.15 Å². The number of sulfonamides is 1.